The van der Waals surface area contributed by atoms with E-state index in [2.05, 4.69) is 15.2 Å². The van der Waals surface area contributed by atoms with Gasteiger partial charge in [0, 0.05) is 11.6 Å². The largest absolute Gasteiger partial charge is 0.468 e. The molecule has 9 nitrogen and oxygen atoms in total. The van der Waals surface area contributed by atoms with Gasteiger partial charge in [-0.15, -0.1) is 10.2 Å². The zero-order valence-electron chi connectivity index (χ0n) is 18.1. The Kier molecular flexibility index (Phi) is 8.41. The van der Waals surface area contributed by atoms with Crippen molar-refractivity contribution in [2.75, 3.05) is 26.1 Å². The third-order valence-corrected chi connectivity index (χ3v) is 6.49. The molecule has 3 rings (SSSR count). The average Bonchev–Trinajstić information content (AvgIpc) is 3.19. The second-order valence-electron chi connectivity index (χ2n) is 6.98. The zero-order chi connectivity index (χ0) is 24.1. The molecule has 2 unspecified atom stereocenters. The Morgan fingerprint density at radius 2 is 1.97 bits per heavy atom. The molecule has 0 saturated carbocycles. The standard InChI is InChI=1S/C21H22Cl2N4O5S/c1-4-32-20(29)17-13(8-31-9-14-26-27-21(24)33-14)25-10(2)15(19(28)30-3)16(17)11-6-5-7-12(22)18(11)23/h5-7,15-16H,4,8-9H2,1-3H3,(H2,24,27). The van der Waals surface area contributed by atoms with Crippen molar-refractivity contribution in [1.29, 1.82) is 0 Å². The summed E-state index contributed by atoms with van der Waals surface area (Å²) in [7, 11) is 1.27. The molecule has 176 valence electrons. The number of aromatic nitrogens is 2. The van der Waals surface area contributed by atoms with E-state index in [1.807, 2.05) is 0 Å². The molecule has 0 fully saturated rings. The van der Waals surface area contributed by atoms with E-state index in [0.717, 1.165) is 0 Å². The molecule has 33 heavy (non-hydrogen) atoms. The summed E-state index contributed by atoms with van der Waals surface area (Å²) in [6, 6.07) is 5.02. The van der Waals surface area contributed by atoms with E-state index in [4.69, 9.17) is 43.1 Å². The molecule has 1 aromatic heterocycles. The van der Waals surface area contributed by atoms with Gasteiger partial charge in [0.15, 0.2) is 0 Å². The van der Waals surface area contributed by atoms with Gasteiger partial charge in [-0.1, -0.05) is 46.7 Å². The van der Waals surface area contributed by atoms with Crippen molar-refractivity contribution in [3.63, 3.8) is 0 Å². The van der Waals surface area contributed by atoms with E-state index in [1.54, 1.807) is 32.0 Å². The number of carbonyl (C=O) groups excluding carboxylic acids is 2. The van der Waals surface area contributed by atoms with Gasteiger partial charge in [0.2, 0.25) is 5.13 Å². The predicted octanol–water partition coefficient (Wildman–Crippen LogP) is 3.81. The Hall–Kier alpha value is -2.53. The van der Waals surface area contributed by atoms with Crippen LogP contribution in [0.1, 0.15) is 30.3 Å². The van der Waals surface area contributed by atoms with E-state index in [-0.39, 0.29) is 35.4 Å². The van der Waals surface area contributed by atoms with Crippen LogP contribution in [0.2, 0.25) is 10.0 Å². The first kappa shape index (κ1) is 25.1. The van der Waals surface area contributed by atoms with Crippen LogP contribution in [0.4, 0.5) is 5.13 Å². The lowest BCUT2D eigenvalue weighted by atomic mass is 9.75. The first-order valence-electron chi connectivity index (χ1n) is 9.91. The normalized spacial score (nSPS) is 18.2. The number of carbonyl (C=O) groups is 2. The number of esters is 2. The Balaban J connectivity index is 2.09. The van der Waals surface area contributed by atoms with Gasteiger partial charge in [-0.2, -0.15) is 0 Å². The smallest absolute Gasteiger partial charge is 0.336 e. The van der Waals surface area contributed by atoms with Crippen LogP contribution in [0.15, 0.2) is 34.5 Å². The molecule has 1 aliphatic rings. The summed E-state index contributed by atoms with van der Waals surface area (Å²) in [5, 5.41) is 9.06. The Morgan fingerprint density at radius 1 is 1.21 bits per heavy atom. The SMILES string of the molecule is CCOC(=O)C1=C(COCc2nnc(N)s2)N=C(C)C(C(=O)OC)C1c1cccc(Cl)c1Cl. The van der Waals surface area contributed by atoms with E-state index in [1.165, 1.54) is 18.4 Å². The van der Waals surface area contributed by atoms with Crippen LogP contribution in [0.25, 0.3) is 0 Å². The molecule has 2 N–H and O–H groups in total. The van der Waals surface area contributed by atoms with Crippen molar-refractivity contribution in [2.45, 2.75) is 26.4 Å². The van der Waals surface area contributed by atoms with Crippen molar-refractivity contribution in [1.82, 2.24) is 10.2 Å². The monoisotopic (exact) mass is 512 g/mol. The van der Waals surface area contributed by atoms with Gasteiger partial charge >= 0.3 is 11.9 Å². The topological polar surface area (TPSA) is 126 Å². The number of methoxy groups -OCH3 is 1. The van der Waals surface area contributed by atoms with Crippen LogP contribution in [0.3, 0.4) is 0 Å². The molecule has 0 aliphatic carbocycles. The summed E-state index contributed by atoms with van der Waals surface area (Å²) < 4.78 is 16.1. The highest BCUT2D eigenvalue weighted by atomic mass is 35.5. The van der Waals surface area contributed by atoms with E-state index < -0.39 is 23.8 Å². The molecular weight excluding hydrogens is 491 g/mol. The summed E-state index contributed by atoms with van der Waals surface area (Å²) in [6.07, 6.45) is 0. The van der Waals surface area contributed by atoms with Gasteiger partial charge in [-0.25, -0.2) is 4.79 Å². The molecule has 2 aromatic rings. The van der Waals surface area contributed by atoms with Crippen molar-refractivity contribution < 1.29 is 23.8 Å². The van der Waals surface area contributed by atoms with Crippen LogP contribution in [0, 0.1) is 5.92 Å². The molecule has 0 radical (unpaired) electrons. The number of benzene rings is 1. The highest BCUT2D eigenvalue weighted by Gasteiger charge is 2.44. The van der Waals surface area contributed by atoms with Crippen LogP contribution < -0.4 is 5.73 Å². The van der Waals surface area contributed by atoms with Crippen LogP contribution in [0.5, 0.6) is 0 Å². The summed E-state index contributed by atoms with van der Waals surface area (Å²) in [5.74, 6) is -2.95. The van der Waals surface area contributed by atoms with E-state index in [9.17, 15) is 9.59 Å². The minimum absolute atomic E-state index is 0.0481. The summed E-state index contributed by atoms with van der Waals surface area (Å²) in [5.41, 5.74) is 6.98. The second-order valence-corrected chi connectivity index (χ2v) is 8.86. The number of ether oxygens (including phenoxy) is 3. The van der Waals surface area contributed by atoms with Crippen LogP contribution >= 0.6 is 34.5 Å². The van der Waals surface area contributed by atoms with Gasteiger partial charge in [-0.3, -0.25) is 9.79 Å². The fourth-order valence-electron chi connectivity index (χ4n) is 3.58. The summed E-state index contributed by atoms with van der Waals surface area (Å²) in [6.45, 7) is 3.56. The van der Waals surface area contributed by atoms with Crippen LogP contribution in [-0.2, 0) is 30.4 Å². The van der Waals surface area contributed by atoms with Gasteiger partial charge in [0.05, 0.1) is 41.6 Å². The molecule has 1 aromatic carbocycles. The van der Waals surface area contributed by atoms with E-state index >= 15 is 0 Å². The third kappa shape index (κ3) is 5.52. The molecule has 12 heteroatoms. The number of nitrogen functional groups attached to an aromatic ring is 1. The zero-order valence-corrected chi connectivity index (χ0v) is 20.5. The maximum absolute atomic E-state index is 13.1. The number of hydrogen-bond acceptors (Lipinski definition) is 10. The van der Waals surface area contributed by atoms with E-state index in [0.29, 0.717) is 27.1 Å². The first-order valence-corrected chi connectivity index (χ1v) is 11.5. The lowest BCUT2D eigenvalue weighted by molar-refractivity contribution is -0.144. The highest BCUT2D eigenvalue weighted by Crippen LogP contribution is 2.44. The number of rotatable bonds is 8. The van der Waals surface area contributed by atoms with Gasteiger partial charge < -0.3 is 19.9 Å². The number of aliphatic imine (C=N–C) groups is 1. The molecule has 0 amide bonds. The number of halogens is 2. The number of hydrogen-bond donors (Lipinski definition) is 1. The number of anilines is 1. The van der Waals surface area contributed by atoms with Gasteiger partial charge in [0.1, 0.15) is 17.5 Å². The highest BCUT2D eigenvalue weighted by molar-refractivity contribution is 7.15. The Labute approximate surface area is 204 Å². The number of nitrogens with two attached hydrogens (primary N) is 1. The van der Waals surface area contributed by atoms with Crippen molar-refractivity contribution in [3.05, 3.63) is 50.1 Å². The molecule has 1 aliphatic heterocycles. The first-order chi connectivity index (χ1) is 15.8. The van der Waals surface area contributed by atoms with Crippen LogP contribution in [-0.4, -0.2) is 48.2 Å². The summed E-state index contributed by atoms with van der Waals surface area (Å²) in [4.78, 5) is 30.4. The Bertz CT molecular complexity index is 1120. The van der Waals surface area contributed by atoms with Gasteiger partial charge in [0.25, 0.3) is 0 Å². The molecular formula is C21H22Cl2N4O5S. The molecule has 2 atom stereocenters. The minimum atomic E-state index is -0.905. The minimum Gasteiger partial charge on any atom is -0.468 e. The lowest BCUT2D eigenvalue weighted by Crippen LogP contribution is -2.37. The maximum atomic E-state index is 13.1. The third-order valence-electron chi connectivity index (χ3n) is 4.93. The van der Waals surface area contributed by atoms with Crippen molar-refractivity contribution in [3.8, 4) is 0 Å². The quantitative estimate of drug-likeness (QED) is 0.529. The molecule has 0 bridgehead atoms. The van der Waals surface area contributed by atoms with Crippen molar-refractivity contribution >= 4 is 57.3 Å². The fourth-order valence-corrected chi connectivity index (χ4v) is 4.56. The molecule has 0 saturated heterocycles. The maximum Gasteiger partial charge on any atom is 0.336 e. The van der Waals surface area contributed by atoms with Gasteiger partial charge in [-0.05, 0) is 25.5 Å². The van der Waals surface area contributed by atoms with Crippen molar-refractivity contribution in [2.24, 2.45) is 10.9 Å². The predicted molar refractivity (Wildman–Crippen MR) is 125 cm³/mol. The number of nitrogens with zero attached hydrogens (tertiary/aromatic N) is 3. The molecule has 2 heterocycles. The Morgan fingerprint density at radius 3 is 2.61 bits per heavy atom. The average molecular weight is 513 g/mol. The molecule has 0 spiro atoms. The summed E-state index contributed by atoms with van der Waals surface area (Å²) >= 11 is 14.0. The fraction of sp³-hybridized carbons (Fsp3) is 0.381. The second kappa shape index (κ2) is 11.1. The lowest BCUT2D eigenvalue weighted by Gasteiger charge is -2.32.